The minimum Gasteiger partial charge on any atom is -0.491 e. The van der Waals surface area contributed by atoms with E-state index < -0.39 is 11.9 Å². The molecule has 0 aromatic heterocycles. The first-order valence-electron chi connectivity index (χ1n) is 7.97. The first-order chi connectivity index (χ1) is 11.8. The highest BCUT2D eigenvalue weighted by molar-refractivity contribution is 6.04. The number of benzene rings is 2. The molecule has 0 saturated heterocycles. The van der Waals surface area contributed by atoms with Crippen LogP contribution in [0.25, 0.3) is 0 Å². The SMILES string of the molecule is Cc1cc(F)cc(C(=O)Nc2ccc(OCC(O)CN(C)C)cc2)c1. The minimum absolute atomic E-state index is 0.187. The van der Waals surface area contributed by atoms with Gasteiger partial charge in [0.25, 0.3) is 5.91 Å². The standard InChI is InChI=1S/C19H23FN2O3/c1-13-8-14(10-15(20)9-13)19(24)21-16-4-6-18(7-5-16)25-12-17(23)11-22(2)3/h4-10,17,23H,11-12H2,1-3H3,(H,21,24). The van der Waals surface area contributed by atoms with Crippen molar-refractivity contribution in [3.05, 3.63) is 59.4 Å². The van der Waals surface area contributed by atoms with E-state index in [1.54, 1.807) is 37.3 Å². The number of nitrogens with one attached hydrogen (secondary N) is 1. The monoisotopic (exact) mass is 346 g/mol. The summed E-state index contributed by atoms with van der Waals surface area (Å²) in [4.78, 5) is 14.1. The van der Waals surface area contributed by atoms with Crippen molar-refractivity contribution in [3.63, 3.8) is 0 Å². The van der Waals surface area contributed by atoms with Gasteiger partial charge in [0.1, 0.15) is 24.3 Å². The number of hydrogen-bond acceptors (Lipinski definition) is 4. The molecule has 0 aliphatic rings. The molecule has 0 spiro atoms. The average Bonchev–Trinajstić information content (AvgIpc) is 2.52. The highest BCUT2D eigenvalue weighted by Gasteiger charge is 2.09. The second-order valence-corrected chi connectivity index (χ2v) is 6.22. The summed E-state index contributed by atoms with van der Waals surface area (Å²) in [5.74, 6) is -0.222. The Bertz CT molecular complexity index is 697. The summed E-state index contributed by atoms with van der Waals surface area (Å²) in [5, 5.41) is 12.5. The number of ether oxygens (including phenoxy) is 1. The van der Waals surface area contributed by atoms with Crippen molar-refractivity contribution < 1.29 is 19.0 Å². The van der Waals surface area contributed by atoms with Crippen molar-refractivity contribution in [3.8, 4) is 5.75 Å². The summed E-state index contributed by atoms with van der Waals surface area (Å²) < 4.78 is 18.9. The third kappa shape index (κ3) is 6.17. The molecular weight excluding hydrogens is 323 g/mol. The van der Waals surface area contributed by atoms with Crippen LogP contribution < -0.4 is 10.1 Å². The van der Waals surface area contributed by atoms with Gasteiger partial charge in [0.2, 0.25) is 0 Å². The number of aryl methyl sites for hydroxylation is 1. The van der Waals surface area contributed by atoms with Gasteiger partial charge in [0.15, 0.2) is 0 Å². The zero-order chi connectivity index (χ0) is 18.4. The van der Waals surface area contributed by atoms with E-state index in [0.717, 1.165) is 0 Å². The van der Waals surface area contributed by atoms with Gasteiger partial charge in [-0.25, -0.2) is 4.39 Å². The van der Waals surface area contributed by atoms with Gasteiger partial charge in [-0.2, -0.15) is 0 Å². The highest BCUT2D eigenvalue weighted by Crippen LogP contribution is 2.17. The lowest BCUT2D eigenvalue weighted by atomic mass is 10.1. The van der Waals surface area contributed by atoms with Crippen molar-refractivity contribution in [2.75, 3.05) is 32.6 Å². The van der Waals surface area contributed by atoms with Crippen LogP contribution in [-0.4, -0.2) is 49.3 Å². The molecule has 0 saturated carbocycles. The molecule has 1 amide bonds. The van der Waals surface area contributed by atoms with Crippen LogP contribution in [0.5, 0.6) is 5.75 Å². The van der Waals surface area contributed by atoms with Crippen molar-refractivity contribution >= 4 is 11.6 Å². The molecule has 1 unspecified atom stereocenters. The fourth-order valence-corrected chi connectivity index (χ4v) is 2.37. The number of hydrogen-bond donors (Lipinski definition) is 2. The summed E-state index contributed by atoms with van der Waals surface area (Å²) in [5.41, 5.74) is 1.53. The number of aliphatic hydroxyl groups excluding tert-OH is 1. The van der Waals surface area contributed by atoms with E-state index >= 15 is 0 Å². The van der Waals surface area contributed by atoms with Crippen molar-refractivity contribution in [2.24, 2.45) is 0 Å². The molecule has 2 aromatic rings. The number of aliphatic hydroxyl groups is 1. The Hall–Kier alpha value is -2.44. The topological polar surface area (TPSA) is 61.8 Å². The van der Waals surface area contributed by atoms with Gasteiger partial charge in [-0.05, 0) is 69.0 Å². The molecule has 2 N–H and O–H groups in total. The Kier molecular flexibility index (Phi) is 6.50. The number of halogens is 1. The van der Waals surface area contributed by atoms with Crippen molar-refractivity contribution in [2.45, 2.75) is 13.0 Å². The number of rotatable bonds is 7. The third-order valence-electron chi connectivity index (χ3n) is 3.43. The second kappa shape index (κ2) is 8.60. The summed E-state index contributed by atoms with van der Waals surface area (Å²) in [7, 11) is 3.75. The number of carbonyl (C=O) groups excluding carboxylic acids is 1. The molecule has 2 aromatic carbocycles. The average molecular weight is 346 g/mol. The number of carbonyl (C=O) groups is 1. The summed E-state index contributed by atoms with van der Waals surface area (Å²) >= 11 is 0. The third-order valence-corrected chi connectivity index (χ3v) is 3.43. The van der Waals surface area contributed by atoms with Crippen LogP contribution >= 0.6 is 0 Å². The maximum atomic E-state index is 13.4. The van der Waals surface area contributed by atoms with Gasteiger partial charge in [-0.15, -0.1) is 0 Å². The quantitative estimate of drug-likeness (QED) is 0.809. The van der Waals surface area contributed by atoms with Crippen molar-refractivity contribution in [1.82, 2.24) is 4.90 Å². The molecule has 0 aliphatic carbocycles. The molecule has 0 bridgehead atoms. The van der Waals surface area contributed by atoms with Gasteiger partial charge < -0.3 is 20.1 Å². The van der Waals surface area contributed by atoms with Gasteiger partial charge in [-0.1, -0.05) is 0 Å². The van der Waals surface area contributed by atoms with E-state index in [-0.39, 0.29) is 18.1 Å². The predicted octanol–water partition coefficient (Wildman–Crippen LogP) is 2.69. The van der Waals surface area contributed by atoms with E-state index in [0.29, 0.717) is 23.5 Å². The van der Waals surface area contributed by atoms with Gasteiger partial charge in [0.05, 0.1) is 0 Å². The molecule has 0 heterocycles. The smallest absolute Gasteiger partial charge is 0.255 e. The normalized spacial score (nSPS) is 12.1. The van der Waals surface area contributed by atoms with Crippen LogP contribution in [0.15, 0.2) is 42.5 Å². The zero-order valence-electron chi connectivity index (χ0n) is 14.6. The molecule has 0 fully saturated rings. The molecule has 25 heavy (non-hydrogen) atoms. The number of anilines is 1. The van der Waals surface area contributed by atoms with E-state index in [2.05, 4.69) is 5.32 Å². The largest absolute Gasteiger partial charge is 0.491 e. The van der Waals surface area contributed by atoms with Gasteiger partial charge in [-0.3, -0.25) is 4.79 Å². The molecule has 2 rings (SSSR count). The summed E-state index contributed by atoms with van der Waals surface area (Å²) in [6, 6.07) is 11.0. The lowest BCUT2D eigenvalue weighted by molar-refractivity contribution is 0.0831. The number of likely N-dealkylation sites (N-methyl/N-ethyl adjacent to an activating group) is 1. The fourth-order valence-electron chi connectivity index (χ4n) is 2.37. The predicted molar refractivity (Wildman–Crippen MR) is 95.6 cm³/mol. The van der Waals surface area contributed by atoms with Crippen LogP contribution in [0, 0.1) is 12.7 Å². The minimum atomic E-state index is -0.578. The molecule has 1 atom stereocenters. The van der Waals surface area contributed by atoms with Crippen molar-refractivity contribution in [1.29, 1.82) is 0 Å². The maximum absolute atomic E-state index is 13.4. The molecule has 0 aliphatic heterocycles. The van der Waals surface area contributed by atoms with Crippen LogP contribution in [0.3, 0.4) is 0 Å². The van der Waals surface area contributed by atoms with E-state index in [9.17, 15) is 14.3 Å². The Balaban J connectivity index is 1.92. The van der Waals surface area contributed by atoms with Crippen LogP contribution in [0.4, 0.5) is 10.1 Å². The molecule has 6 heteroatoms. The first-order valence-corrected chi connectivity index (χ1v) is 7.97. The molecule has 5 nitrogen and oxygen atoms in total. The fraction of sp³-hybridized carbons (Fsp3) is 0.316. The zero-order valence-corrected chi connectivity index (χ0v) is 14.6. The maximum Gasteiger partial charge on any atom is 0.255 e. The Morgan fingerprint density at radius 3 is 2.52 bits per heavy atom. The Morgan fingerprint density at radius 1 is 1.24 bits per heavy atom. The first kappa shape index (κ1) is 18.9. The summed E-state index contributed by atoms with van der Waals surface area (Å²) in [6.45, 7) is 2.43. The van der Waals surface area contributed by atoms with Crippen LogP contribution in [0.2, 0.25) is 0 Å². The number of nitrogens with zero attached hydrogens (tertiary/aromatic N) is 1. The highest BCUT2D eigenvalue weighted by atomic mass is 19.1. The van der Waals surface area contributed by atoms with E-state index in [4.69, 9.17) is 4.74 Å². The Labute approximate surface area is 147 Å². The van der Waals surface area contributed by atoms with Gasteiger partial charge >= 0.3 is 0 Å². The lowest BCUT2D eigenvalue weighted by Gasteiger charge is -2.16. The second-order valence-electron chi connectivity index (χ2n) is 6.22. The summed E-state index contributed by atoms with van der Waals surface area (Å²) in [6.07, 6.45) is -0.578. The van der Waals surface area contributed by atoms with Crippen LogP contribution in [-0.2, 0) is 0 Å². The van der Waals surface area contributed by atoms with E-state index in [1.807, 2.05) is 19.0 Å². The van der Waals surface area contributed by atoms with Crippen LogP contribution in [0.1, 0.15) is 15.9 Å². The lowest BCUT2D eigenvalue weighted by Crippen LogP contribution is -2.30. The number of amides is 1. The van der Waals surface area contributed by atoms with E-state index in [1.165, 1.54) is 12.1 Å². The molecular formula is C19H23FN2O3. The Morgan fingerprint density at radius 2 is 1.92 bits per heavy atom. The van der Waals surface area contributed by atoms with Gasteiger partial charge in [0, 0.05) is 17.8 Å². The molecule has 0 radical (unpaired) electrons. The molecule has 134 valence electrons.